The molecule has 6 heteroatoms. The van der Waals surface area contributed by atoms with Gasteiger partial charge in [0.15, 0.2) is 17.3 Å². The topological polar surface area (TPSA) is 55.8 Å². The lowest BCUT2D eigenvalue weighted by Crippen LogP contribution is -2.34. The van der Waals surface area contributed by atoms with Crippen LogP contribution >= 0.6 is 0 Å². The fraction of sp³-hybridized carbons (Fsp3) is 0.645. The first-order valence-electron chi connectivity index (χ1n) is 14.3. The molecule has 0 heterocycles. The van der Waals surface area contributed by atoms with Gasteiger partial charge < -0.3 is 14.6 Å². The van der Waals surface area contributed by atoms with Gasteiger partial charge in [-0.2, -0.15) is 0 Å². The number of hydrogen-bond acceptors (Lipinski definition) is 3. The third-order valence-electron chi connectivity index (χ3n) is 6.97. The molecule has 0 aromatic heterocycles. The van der Waals surface area contributed by atoms with Crippen LogP contribution in [0.4, 0.5) is 8.78 Å². The summed E-state index contributed by atoms with van der Waals surface area (Å²) >= 11 is 0. The number of carboxylic acid groups (broad SMARTS) is 1. The van der Waals surface area contributed by atoms with Crippen LogP contribution in [0.25, 0.3) is 0 Å². The molecule has 2 atom stereocenters. The molecule has 2 rings (SSSR count). The molecule has 2 unspecified atom stereocenters. The number of carboxylic acids is 1. The van der Waals surface area contributed by atoms with Crippen LogP contribution in [-0.2, 0) is 15.1 Å². The second-order valence-electron chi connectivity index (χ2n) is 10.0. The number of para-hydroxylation sites is 1. The van der Waals surface area contributed by atoms with Crippen molar-refractivity contribution in [1.82, 2.24) is 0 Å². The van der Waals surface area contributed by atoms with E-state index in [1.807, 2.05) is 0 Å². The average Bonchev–Trinajstić information content (AvgIpc) is 2.89. The predicted molar refractivity (Wildman–Crippen MR) is 145 cm³/mol. The maximum Gasteiger partial charge on any atom is 0.317 e. The monoisotopic (exact) mass is 520 g/mol. The van der Waals surface area contributed by atoms with Crippen LogP contribution in [0.1, 0.15) is 109 Å². The van der Waals surface area contributed by atoms with Crippen LogP contribution < -0.4 is 4.74 Å². The zero-order chi connectivity index (χ0) is 26.9. The van der Waals surface area contributed by atoms with Gasteiger partial charge in [-0.05, 0) is 25.0 Å². The Morgan fingerprint density at radius 1 is 0.838 bits per heavy atom. The lowest BCUT2D eigenvalue weighted by molar-refractivity contribution is -0.139. The van der Waals surface area contributed by atoms with Gasteiger partial charge in [0, 0.05) is 12.2 Å². The summed E-state index contributed by atoms with van der Waals surface area (Å²) in [6, 6.07) is 6.92. The predicted octanol–water partition coefficient (Wildman–Crippen LogP) is 9.20. The van der Waals surface area contributed by atoms with Crippen molar-refractivity contribution < 1.29 is 28.2 Å². The smallest absolute Gasteiger partial charge is 0.317 e. The normalized spacial score (nSPS) is 19.4. The molecule has 1 aromatic carbocycles. The van der Waals surface area contributed by atoms with E-state index < -0.39 is 29.1 Å². The molecule has 1 aromatic rings. The number of hydrogen-bond donors (Lipinski definition) is 1. The number of rotatable bonds is 20. The Morgan fingerprint density at radius 3 is 1.97 bits per heavy atom. The number of benzene rings is 1. The number of aliphatic carboxylic acids is 1. The van der Waals surface area contributed by atoms with Gasteiger partial charge in [0.1, 0.15) is 11.7 Å². The van der Waals surface area contributed by atoms with Gasteiger partial charge in [-0.1, -0.05) is 115 Å². The average molecular weight is 521 g/mol. The summed E-state index contributed by atoms with van der Waals surface area (Å²) in [5.74, 6) is -5.20. The summed E-state index contributed by atoms with van der Waals surface area (Å²) in [4.78, 5) is 11.5. The van der Waals surface area contributed by atoms with Gasteiger partial charge in [-0.3, -0.25) is 4.79 Å². The van der Waals surface area contributed by atoms with E-state index in [9.17, 15) is 14.3 Å². The van der Waals surface area contributed by atoms with Gasteiger partial charge in [0.2, 0.25) is 0 Å². The van der Waals surface area contributed by atoms with E-state index in [1.54, 1.807) is 24.3 Å². The van der Waals surface area contributed by atoms with E-state index in [1.165, 1.54) is 57.1 Å². The van der Waals surface area contributed by atoms with Crippen molar-refractivity contribution in [2.75, 3.05) is 13.2 Å². The first-order valence-corrected chi connectivity index (χ1v) is 14.3. The molecule has 208 valence electrons. The summed E-state index contributed by atoms with van der Waals surface area (Å²) in [7, 11) is 0. The quantitative estimate of drug-likeness (QED) is 0.137. The van der Waals surface area contributed by atoms with E-state index in [-0.39, 0.29) is 6.61 Å². The molecule has 0 aliphatic heterocycles. The summed E-state index contributed by atoms with van der Waals surface area (Å²) in [6.45, 7) is 5.07. The first kappa shape index (κ1) is 31.0. The van der Waals surface area contributed by atoms with Crippen LogP contribution in [-0.4, -0.2) is 24.3 Å². The van der Waals surface area contributed by atoms with E-state index in [0.29, 0.717) is 24.3 Å². The minimum Gasteiger partial charge on any atom is -0.493 e. The highest BCUT2D eigenvalue weighted by Crippen LogP contribution is 2.47. The molecular formula is C31H46F2O4. The molecule has 0 fully saturated rings. The fourth-order valence-corrected chi connectivity index (χ4v) is 4.72. The van der Waals surface area contributed by atoms with Crippen LogP contribution in [0.3, 0.4) is 0 Å². The molecule has 0 saturated heterocycles. The second kappa shape index (κ2) is 17.3. The Kier molecular flexibility index (Phi) is 14.5. The van der Waals surface area contributed by atoms with E-state index in [0.717, 1.165) is 38.5 Å². The lowest BCUT2D eigenvalue weighted by atomic mass is 9.83. The Hall–Kier alpha value is -2.21. The van der Waals surface area contributed by atoms with E-state index in [2.05, 4.69) is 13.8 Å². The number of carbonyl (C=O) groups is 1. The third kappa shape index (κ3) is 9.55. The van der Waals surface area contributed by atoms with Gasteiger partial charge in [-0.25, -0.2) is 8.78 Å². The highest BCUT2D eigenvalue weighted by Gasteiger charge is 2.46. The third-order valence-corrected chi connectivity index (χ3v) is 6.97. The summed E-state index contributed by atoms with van der Waals surface area (Å²) < 4.78 is 42.8. The molecule has 0 radical (unpaired) electrons. The highest BCUT2D eigenvalue weighted by atomic mass is 19.2. The number of ether oxygens (including phenoxy) is 2. The van der Waals surface area contributed by atoms with Crippen molar-refractivity contribution >= 4 is 5.97 Å². The van der Waals surface area contributed by atoms with Crippen LogP contribution in [0.5, 0.6) is 5.75 Å². The Bertz CT molecular complexity index is 867. The van der Waals surface area contributed by atoms with Gasteiger partial charge in [-0.15, -0.1) is 0 Å². The standard InChI is InChI=1S/C31H46F2O4/c1-3-5-7-9-11-12-14-18-24-37-31(22-21-25(30(34)35)28(32)29(31)33)26-19-15-16-20-27(26)36-23-17-13-10-8-6-4-2/h15-16,19-22,25H,3-14,17-18,23-24H2,1-2H3,(H,34,35). The largest absolute Gasteiger partial charge is 0.493 e. The number of unbranched alkanes of at least 4 members (excludes halogenated alkanes) is 12. The first-order chi connectivity index (χ1) is 18.0. The molecular weight excluding hydrogens is 474 g/mol. The highest BCUT2D eigenvalue weighted by molar-refractivity contribution is 5.76. The number of halogens is 2. The summed E-state index contributed by atoms with van der Waals surface area (Å²) in [5, 5.41) is 9.34. The molecule has 1 aliphatic carbocycles. The maximum absolute atomic E-state index is 15.7. The van der Waals surface area contributed by atoms with Crippen molar-refractivity contribution in [3.63, 3.8) is 0 Å². The summed E-state index contributed by atoms with van der Waals surface area (Å²) in [6.07, 6.45) is 18.0. The zero-order valence-corrected chi connectivity index (χ0v) is 22.8. The zero-order valence-electron chi connectivity index (χ0n) is 22.8. The molecule has 1 aliphatic rings. The SMILES string of the molecule is CCCCCCCCCCOC1(c2ccccc2OCCCCCCCC)C=CC(C(=O)O)C(F)=C1F. The fourth-order valence-electron chi connectivity index (χ4n) is 4.72. The van der Waals surface area contributed by atoms with Crippen molar-refractivity contribution in [2.24, 2.45) is 5.92 Å². The molecule has 37 heavy (non-hydrogen) atoms. The summed E-state index contributed by atoms with van der Waals surface area (Å²) in [5.41, 5.74) is -1.48. The van der Waals surface area contributed by atoms with Crippen LogP contribution in [0.15, 0.2) is 48.1 Å². The molecule has 0 amide bonds. The van der Waals surface area contributed by atoms with Crippen molar-refractivity contribution in [2.45, 2.75) is 109 Å². The molecule has 0 spiro atoms. The minimum atomic E-state index is -1.84. The Morgan fingerprint density at radius 2 is 1.38 bits per heavy atom. The van der Waals surface area contributed by atoms with Crippen molar-refractivity contribution in [3.8, 4) is 5.75 Å². The van der Waals surface area contributed by atoms with Gasteiger partial charge >= 0.3 is 5.97 Å². The molecule has 1 N–H and O–H groups in total. The second-order valence-corrected chi connectivity index (χ2v) is 10.0. The van der Waals surface area contributed by atoms with Crippen LogP contribution in [0, 0.1) is 5.92 Å². The van der Waals surface area contributed by atoms with Gasteiger partial charge in [0.25, 0.3) is 0 Å². The Balaban J connectivity index is 2.11. The molecule has 0 saturated carbocycles. The van der Waals surface area contributed by atoms with Crippen molar-refractivity contribution in [3.05, 3.63) is 53.6 Å². The van der Waals surface area contributed by atoms with E-state index >= 15 is 4.39 Å². The van der Waals surface area contributed by atoms with Crippen LogP contribution in [0.2, 0.25) is 0 Å². The Labute approximate surface area is 222 Å². The lowest BCUT2D eigenvalue weighted by Gasteiger charge is -2.34. The minimum absolute atomic E-state index is 0.226. The maximum atomic E-state index is 15.7. The molecule has 0 bridgehead atoms. The van der Waals surface area contributed by atoms with Crippen molar-refractivity contribution in [1.29, 1.82) is 0 Å². The molecule has 4 nitrogen and oxygen atoms in total. The van der Waals surface area contributed by atoms with Gasteiger partial charge in [0.05, 0.1) is 6.61 Å². The van der Waals surface area contributed by atoms with E-state index in [4.69, 9.17) is 9.47 Å².